The molecule has 68 valence electrons. The third-order valence-corrected chi connectivity index (χ3v) is 1.83. The van der Waals surface area contributed by atoms with Crippen LogP contribution in [0, 0.1) is 0 Å². The van der Waals surface area contributed by atoms with Crippen molar-refractivity contribution < 1.29 is 4.58 Å². The maximum Gasteiger partial charge on any atom is 0.168 e. The van der Waals surface area contributed by atoms with Gasteiger partial charge in [0.25, 0.3) is 0 Å². The first-order chi connectivity index (χ1) is 5.38. The SMILES string of the molecule is C=[N+](/C=C\C(C)=C/C)C(C)(C)C. The van der Waals surface area contributed by atoms with Crippen molar-refractivity contribution in [3.63, 3.8) is 0 Å². The highest BCUT2D eigenvalue weighted by Crippen LogP contribution is 2.06. The molecule has 0 aliphatic heterocycles. The third kappa shape index (κ3) is 4.12. The Morgan fingerprint density at radius 2 is 1.83 bits per heavy atom. The van der Waals surface area contributed by atoms with E-state index in [0.717, 1.165) is 0 Å². The van der Waals surface area contributed by atoms with E-state index in [9.17, 15) is 0 Å². The highest BCUT2D eigenvalue weighted by molar-refractivity contribution is 5.18. The molecule has 0 amide bonds. The van der Waals surface area contributed by atoms with Gasteiger partial charge in [-0.2, -0.15) is 0 Å². The highest BCUT2D eigenvalue weighted by atomic mass is 15.0. The van der Waals surface area contributed by atoms with E-state index in [0.29, 0.717) is 0 Å². The number of rotatable bonds is 2. The van der Waals surface area contributed by atoms with Crippen LogP contribution in [0.1, 0.15) is 34.6 Å². The summed E-state index contributed by atoms with van der Waals surface area (Å²) in [6, 6.07) is 0. The van der Waals surface area contributed by atoms with Crippen molar-refractivity contribution in [3.05, 3.63) is 23.9 Å². The summed E-state index contributed by atoms with van der Waals surface area (Å²) in [4.78, 5) is 0. The Bertz CT molecular complexity index is 214. The van der Waals surface area contributed by atoms with Gasteiger partial charge in [-0.05, 0) is 19.4 Å². The largest absolute Gasteiger partial charge is 0.207 e. The molecule has 0 aromatic carbocycles. The molecule has 0 aliphatic rings. The van der Waals surface area contributed by atoms with Crippen LogP contribution in [0.4, 0.5) is 0 Å². The molecule has 12 heavy (non-hydrogen) atoms. The van der Waals surface area contributed by atoms with E-state index in [1.807, 2.05) is 17.7 Å². The van der Waals surface area contributed by atoms with Crippen molar-refractivity contribution in [2.45, 2.75) is 40.2 Å². The number of hydrogen-bond acceptors (Lipinski definition) is 0. The van der Waals surface area contributed by atoms with Crippen molar-refractivity contribution in [2.24, 2.45) is 0 Å². The molecule has 0 heterocycles. The second kappa shape index (κ2) is 4.24. The van der Waals surface area contributed by atoms with Crippen LogP contribution in [-0.4, -0.2) is 16.8 Å². The zero-order valence-electron chi connectivity index (χ0n) is 8.89. The summed E-state index contributed by atoms with van der Waals surface area (Å²) in [5, 5.41) is 0. The molecule has 0 rings (SSSR count). The van der Waals surface area contributed by atoms with Gasteiger partial charge in [-0.25, -0.2) is 4.58 Å². The normalized spacial score (nSPS) is 13.9. The van der Waals surface area contributed by atoms with Crippen molar-refractivity contribution in [3.8, 4) is 0 Å². The maximum absolute atomic E-state index is 3.93. The summed E-state index contributed by atoms with van der Waals surface area (Å²) in [5.74, 6) is 0. The summed E-state index contributed by atoms with van der Waals surface area (Å²) < 4.78 is 1.96. The molecule has 0 N–H and O–H groups in total. The minimum atomic E-state index is 0.102. The van der Waals surface area contributed by atoms with Crippen molar-refractivity contribution >= 4 is 6.72 Å². The molecular formula is C11H20N+. The van der Waals surface area contributed by atoms with Crippen LogP contribution in [0.3, 0.4) is 0 Å². The lowest BCUT2D eigenvalue weighted by Gasteiger charge is -2.12. The molecule has 0 unspecified atom stereocenters. The van der Waals surface area contributed by atoms with Gasteiger partial charge in [0.15, 0.2) is 11.7 Å². The Morgan fingerprint density at radius 3 is 2.17 bits per heavy atom. The minimum Gasteiger partial charge on any atom is -0.207 e. The van der Waals surface area contributed by atoms with Gasteiger partial charge < -0.3 is 0 Å². The van der Waals surface area contributed by atoms with Crippen LogP contribution in [-0.2, 0) is 0 Å². The Balaban J connectivity index is 4.29. The molecule has 0 aromatic rings. The lowest BCUT2D eigenvalue weighted by atomic mass is 10.1. The van der Waals surface area contributed by atoms with E-state index in [2.05, 4.69) is 46.6 Å². The van der Waals surface area contributed by atoms with Gasteiger partial charge in [0, 0.05) is 26.8 Å². The number of nitrogens with zero attached hydrogens (tertiary/aromatic N) is 1. The van der Waals surface area contributed by atoms with Gasteiger partial charge in [0.1, 0.15) is 6.72 Å². The first-order valence-electron chi connectivity index (χ1n) is 4.29. The number of allylic oxidation sites excluding steroid dienone is 3. The quantitative estimate of drug-likeness (QED) is 0.337. The molecule has 0 spiro atoms. The summed E-state index contributed by atoms with van der Waals surface area (Å²) >= 11 is 0. The molecule has 0 aliphatic carbocycles. The molecule has 1 nitrogen and oxygen atoms in total. The smallest absolute Gasteiger partial charge is 0.168 e. The molecule has 0 atom stereocenters. The maximum atomic E-state index is 3.93. The fourth-order valence-electron chi connectivity index (χ4n) is 0.527. The fraction of sp³-hybridized carbons (Fsp3) is 0.545. The highest BCUT2D eigenvalue weighted by Gasteiger charge is 2.18. The molecule has 0 bridgehead atoms. The van der Waals surface area contributed by atoms with Crippen molar-refractivity contribution in [1.29, 1.82) is 0 Å². The summed E-state index contributed by atoms with van der Waals surface area (Å²) in [6.07, 6.45) is 6.15. The topological polar surface area (TPSA) is 3.01 Å². The van der Waals surface area contributed by atoms with Crippen LogP contribution in [0.15, 0.2) is 23.9 Å². The Kier molecular flexibility index (Phi) is 3.94. The second-order valence-electron chi connectivity index (χ2n) is 3.99. The van der Waals surface area contributed by atoms with Gasteiger partial charge in [-0.3, -0.25) is 0 Å². The second-order valence-corrected chi connectivity index (χ2v) is 3.99. The molecule has 0 aromatic heterocycles. The monoisotopic (exact) mass is 166 g/mol. The van der Waals surface area contributed by atoms with Crippen LogP contribution in [0.5, 0.6) is 0 Å². The summed E-state index contributed by atoms with van der Waals surface area (Å²) in [7, 11) is 0. The Hall–Kier alpha value is -0.850. The zero-order valence-corrected chi connectivity index (χ0v) is 8.89. The van der Waals surface area contributed by atoms with E-state index in [4.69, 9.17) is 0 Å². The Labute approximate surface area is 76.1 Å². The molecular weight excluding hydrogens is 146 g/mol. The van der Waals surface area contributed by atoms with E-state index < -0.39 is 0 Å². The molecule has 0 saturated carbocycles. The van der Waals surface area contributed by atoms with Gasteiger partial charge in [-0.1, -0.05) is 6.08 Å². The van der Waals surface area contributed by atoms with E-state index in [1.165, 1.54) is 5.57 Å². The predicted molar refractivity (Wildman–Crippen MR) is 55.7 cm³/mol. The lowest BCUT2D eigenvalue weighted by molar-refractivity contribution is -0.526. The fourth-order valence-corrected chi connectivity index (χ4v) is 0.527. The lowest BCUT2D eigenvalue weighted by Crippen LogP contribution is -2.27. The molecule has 0 fully saturated rings. The van der Waals surface area contributed by atoms with Gasteiger partial charge in [0.05, 0.1) is 0 Å². The van der Waals surface area contributed by atoms with Gasteiger partial charge >= 0.3 is 0 Å². The zero-order chi connectivity index (χ0) is 9.78. The first kappa shape index (κ1) is 11.2. The van der Waals surface area contributed by atoms with E-state index >= 15 is 0 Å². The average molecular weight is 166 g/mol. The van der Waals surface area contributed by atoms with Crippen LogP contribution in [0.2, 0.25) is 0 Å². The molecule has 0 radical (unpaired) electrons. The summed E-state index contributed by atoms with van der Waals surface area (Å²) in [5.41, 5.74) is 1.36. The Morgan fingerprint density at radius 1 is 1.33 bits per heavy atom. The summed E-state index contributed by atoms with van der Waals surface area (Å²) in [6.45, 7) is 14.4. The first-order valence-corrected chi connectivity index (χ1v) is 4.29. The van der Waals surface area contributed by atoms with E-state index in [-0.39, 0.29) is 5.54 Å². The van der Waals surface area contributed by atoms with Crippen LogP contribution < -0.4 is 0 Å². The van der Waals surface area contributed by atoms with Crippen LogP contribution >= 0.6 is 0 Å². The van der Waals surface area contributed by atoms with Crippen LogP contribution in [0.25, 0.3) is 0 Å². The molecule has 0 saturated heterocycles. The standard InChI is InChI=1S/C11H20N/c1-7-10(2)8-9-12(6)11(3,4)5/h7-9H,6H2,1-5H3/q+1/b9-8-,10-7-. The predicted octanol–water partition coefficient (Wildman–Crippen LogP) is 2.98. The van der Waals surface area contributed by atoms with E-state index in [1.54, 1.807) is 0 Å². The third-order valence-electron chi connectivity index (χ3n) is 1.83. The van der Waals surface area contributed by atoms with Crippen molar-refractivity contribution in [1.82, 2.24) is 0 Å². The van der Waals surface area contributed by atoms with Crippen molar-refractivity contribution in [2.75, 3.05) is 0 Å². The van der Waals surface area contributed by atoms with Gasteiger partial charge in [0.2, 0.25) is 0 Å². The minimum absolute atomic E-state index is 0.102. The molecule has 1 heteroatoms. The van der Waals surface area contributed by atoms with Gasteiger partial charge in [-0.15, -0.1) is 0 Å². The number of hydrogen-bond donors (Lipinski definition) is 0. The average Bonchev–Trinajstić information content (AvgIpc) is 1.97.